The van der Waals surface area contributed by atoms with Gasteiger partial charge < -0.3 is 10.6 Å². The highest BCUT2D eigenvalue weighted by molar-refractivity contribution is 7.98. The Labute approximate surface area is 148 Å². The van der Waals surface area contributed by atoms with Crippen LogP contribution in [0, 0.1) is 0 Å². The van der Waals surface area contributed by atoms with Crippen molar-refractivity contribution in [1.82, 2.24) is 5.32 Å². The van der Waals surface area contributed by atoms with Crippen molar-refractivity contribution >= 4 is 52.5 Å². The summed E-state index contributed by atoms with van der Waals surface area (Å²) in [6, 6.07) is 12.0. The number of halogens is 2. The summed E-state index contributed by atoms with van der Waals surface area (Å²) >= 11 is 13.2. The van der Waals surface area contributed by atoms with E-state index in [0.29, 0.717) is 16.3 Å². The van der Waals surface area contributed by atoms with Gasteiger partial charge in [0.05, 0.1) is 22.3 Å². The molecule has 0 bridgehead atoms. The summed E-state index contributed by atoms with van der Waals surface area (Å²) in [5.41, 5.74) is 1.06. The largest absolute Gasteiger partial charge is 0.343 e. The predicted molar refractivity (Wildman–Crippen MR) is 95.6 cm³/mol. The van der Waals surface area contributed by atoms with Gasteiger partial charge in [0.2, 0.25) is 5.91 Å². The molecule has 0 saturated heterocycles. The van der Waals surface area contributed by atoms with Gasteiger partial charge in [0.15, 0.2) is 0 Å². The van der Waals surface area contributed by atoms with Crippen molar-refractivity contribution in [3.05, 3.63) is 58.1 Å². The number of hydrogen-bond acceptors (Lipinski definition) is 3. The Kier molecular flexibility index (Phi) is 6.33. The summed E-state index contributed by atoms with van der Waals surface area (Å²) in [6.45, 7) is -0.137. The first-order valence-electron chi connectivity index (χ1n) is 6.67. The van der Waals surface area contributed by atoms with Crippen molar-refractivity contribution < 1.29 is 9.59 Å². The van der Waals surface area contributed by atoms with Crippen LogP contribution in [-0.4, -0.2) is 24.6 Å². The normalized spacial score (nSPS) is 10.2. The molecule has 23 heavy (non-hydrogen) atoms. The lowest BCUT2D eigenvalue weighted by Gasteiger charge is -2.10. The Morgan fingerprint density at radius 3 is 2.52 bits per heavy atom. The van der Waals surface area contributed by atoms with E-state index in [9.17, 15) is 9.59 Å². The molecule has 0 fully saturated rings. The van der Waals surface area contributed by atoms with Gasteiger partial charge >= 0.3 is 0 Å². The second kappa shape index (κ2) is 8.24. The molecule has 2 amide bonds. The average Bonchev–Trinajstić information content (AvgIpc) is 2.55. The standard InChI is InChI=1S/C16H14Cl2N2O2S/c1-23-14-5-3-2-4-13(14)20-15(21)9-19-16(22)10-6-7-11(17)12(18)8-10/h2-8H,9H2,1H3,(H,19,22)(H,20,21). The van der Waals surface area contributed by atoms with Crippen molar-refractivity contribution in [2.45, 2.75) is 4.90 Å². The molecular formula is C16H14Cl2N2O2S. The van der Waals surface area contributed by atoms with Crippen LogP contribution in [0.4, 0.5) is 5.69 Å². The fourth-order valence-electron chi connectivity index (χ4n) is 1.84. The number of anilines is 1. The van der Waals surface area contributed by atoms with Crippen molar-refractivity contribution in [2.75, 3.05) is 18.1 Å². The minimum atomic E-state index is -0.392. The number of hydrogen-bond donors (Lipinski definition) is 2. The Hall–Kier alpha value is -1.69. The third-order valence-electron chi connectivity index (χ3n) is 2.97. The molecular weight excluding hydrogens is 355 g/mol. The molecule has 0 spiro atoms. The van der Waals surface area contributed by atoms with Crippen LogP contribution < -0.4 is 10.6 Å². The average molecular weight is 369 g/mol. The molecule has 2 rings (SSSR count). The van der Waals surface area contributed by atoms with E-state index >= 15 is 0 Å². The van der Waals surface area contributed by atoms with Crippen molar-refractivity contribution in [2.24, 2.45) is 0 Å². The third kappa shape index (κ3) is 4.89. The Bertz CT molecular complexity index is 738. The molecule has 4 nitrogen and oxygen atoms in total. The van der Waals surface area contributed by atoms with Crippen LogP contribution in [0.2, 0.25) is 10.0 Å². The first-order chi connectivity index (χ1) is 11.0. The Balaban J connectivity index is 1.93. The summed E-state index contributed by atoms with van der Waals surface area (Å²) in [5.74, 6) is -0.697. The van der Waals surface area contributed by atoms with E-state index < -0.39 is 5.91 Å². The maximum atomic E-state index is 12.0. The molecule has 2 aromatic carbocycles. The Morgan fingerprint density at radius 1 is 1.09 bits per heavy atom. The number of thioether (sulfide) groups is 1. The molecule has 0 aliphatic rings. The van der Waals surface area contributed by atoms with Crippen LogP contribution in [0.25, 0.3) is 0 Å². The molecule has 120 valence electrons. The van der Waals surface area contributed by atoms with Gasteiger partial charge in [0.1, 0.15) is 0 Å². The van der Waals surface area contributed by atoms with E-state index in [1.54, 1.807) is 6.07 Å². The molecule has 0 atom stereocenters. The van der Waals surface area contributed by atoms with Crippen LogP contribution in [0.1, 0.15) is 10.4 Å². The predicted octanol–water partition coefficient (Wildman–Crippen LogP) is 4.08. The number of rotatable bonds is 5. The van der Waals surface area contributed by atoms with Gasteiger partial charge in [-0.2, -0.15) is 0 Å². The highest BCUT2D eigenvalue weighted by Crippen LogP contribution is 2.24. The van der Waals surface area contributed by atoms with Gasteiger partial charge in [-0.25, -0.2) is 0 Å². The lowest BCUT2D eigenvalue weighted by Crippen LogP contribution is -2.32. The van der Waals surface area contributed by atoms with E-state index in [4.69, 9.17) is 23.2 Å². The minimum Gasteiger partial charge on any atom is -0.343 e. The lowest BCUT2D eigenvalue weighted by molar-refractivity contribution is -0.115. The van der Waals surface area contributed by atoms with Gasteiger partial charge in [-0.15, -0.1) is 11.8 Å². The molecule has 0 saturated carbocycles. The van der Waals surface area contributed by atoms with Crippen LogP contribution in [-0.2, 0) is 4.79 Å². The van der Waals surface area contributed by atoms with E-state index in [-0.39, 0.29) is 17.5 Å². The first kappa shape index (κ1) is 17.7. The first-order valence-corrected chi connectivity index (χ1v) is 8.65. The zero-order valence-electron chi connectivity index (χ0n) is 12.2. The molecule has 0 aromatic heterocycles. The van der Waals surface area contributed by atoms with Crippen LogP contribution >= 0.6 is 35.0 Å². The molecule has 0 radical (unpaired) electrons. The molecule has 0 unspecified atom stereocenters. The number of benzene rings is 2. The van der Waals surface area contributed by atoms with Gasteiger partial charge in [-0.1, -0.05) is 35.3 Å². The van der Waals surface area contributed by atoms with E-state index in [2.05, 4.69) is 10.6 Å². The second-order valence-electron chi connectivity index (χ2n) is 4.56. The summed E-state index contributed by atoms with van der Waals surface area (Å²) in [5, 5.41) is 5.97. The SMILES string of the molecule is CSc1ccccc1NC(=O)CNC(=O)c1ccc(Cl)c(Cl)c1. The molecule has 0 aliphatic carbocycles. The van der Waals surface area contributed by atoms with Crippen LogP contribution in [0.15, 0.2) is 47.4 Å². The smallest absolute Gasteiger partial charge is 0.251 e. The van der Waals surface area contributed by atoms with Gasteiger partial charge in [0, 0.05) is 10.5 Å². The Morgan fingerprint density at radius 2 is 1.83 bits per heavy atom. The van der Waals surface area contributed by atoms with E-state index in [1.165, 1.54) is 23.9 Å². The third-order valence-corrected chi connectivity index (χ3v) is 4.51. The zero-order valence-corrected chi connectivity index (χ0v) is 14.6. The zero-order chi connectivity index (χ0) is 16.8. The monoisotopic (exact) mass is 368 g/mol. The number of amides is 2. The maximum absolute atomic E-state index is 12.0. The fraction of sp³-hybridized carbons (Fsp3) is 0.125. The quantitative estimate of drug-likeness (QED) is 0.781. The molecule has 2 N–H and O–H groups in total. The van der Waals surface area contributed by atoms with E-state index in [1.807, 2.05) is 30.5 Å². The number of carbonyl (C=O) groups is 2. The molecule has 0 aliphatic heterocycles. The summed E-state index contributed by atoms with van der Waals surface area (Å²) in [6.07, 6.45) is 1.93. The van der Waals surface area contributed by atoms with Crippen LogP contribution in [0.5, 0.6) is 0 Å². The highest BCUT2D eigenvalue weighted by atomic mass is 35.5. The van der Waals surface area contributed by atoms with Crippen molar-refractivity contribution in [3.8, 4) is 0 Å². The number of para-hydroxylation sites is 1. The van der Waals surface area contributed by atoms with Crippen LogP contribution in [0.3, 0.4) is 0 Å². The maximum Gasteiger partial charge on any atom is 0.251 e. The van der Waals surface area contributed by atoms with Gasteiger partial charge in [0.25, 0.3) is 5.91 Å². The fourth-order valence-corrected chi connectivity index (χ4v) is 2.69. The number of carbonyl (C=O) groups excluding carboxylic acids is 2. The topological polar surface area (TPSA) is 58.2 Å². The molecule has 2 aromatic rings. The summed E-state index contributed by atoms with van der Waals surface area (Å²) < 4.78 is 0. The minimum absolute atomic E-state index is 0.137. The van der Waals surface area contributed by atoms with Gasteiger partial charge in [-0.3, -0.25) is 9.59 Å². The molecule has 7 heteroatoms. The second-order valence-corrected chi connectivity index (χ2v) is 6.22. The van der Waals surface area contributed by atoms with Crippen molar-refractivity contribution in [3.63, 3.8) is 0 Å². The van der Waals surface area contributed by atoms with Gasteiger partial charge in [-0.05, 0) is 36.6 Å². The molecule has 0 heterocycles. The highest BCUT2D eigenvalue weighted by Gasteiger charge is 2.11. The van der Waals surface area contributed by atoms with E-state index in [0.717, 1.165) is 4.90 Å². The summed E-state index contributed by atoms with van der Waals surface area (Å²) in [7, 11) is 0. The summed E-state index contributed by atoms with van der Waals surface area (Å²) in [4.78, 5) is 24.9. The lowest BCUT2D eigenvalue weighted by atomic mass is 10.2. The number of nitrogens with one attached hydrogen (secondary N) is 2. The van der Waals surface area contributed by atoms with Crippen molar-refractivity contribution in [1.29, 1.82) is 0 Å².